The van der Waals surface area contributed by atoms with E-state index in [1.165, 1.54) is 12.1 Å². The Morgan fingerprint density at radius 3 is 2.19 bits per heavy atom. The van der Waals surface area contributed by atoms with Gasteiger partial charge in [0.05, 0.1) is 17.2 Å². The molecule has 0 saturated carbocycles. The van der Waals surface area contributed by atoms with E-state index in [4.69, 9.17) is 5.26 Å². The van der Waals surface area contributed by atoms with Crippen molar-refractivity contribution in [3.63, 3.8) is 0 Å². The minimum atomic E-state index is -4.44. The van der Waals surface area contributed by atoms with Gasteiger partial charge >= 0.3 is 6.18 Å². The minimum absolute atomic E-state index is 0.0476. The lowest BCUT2D eigenvalue weighted by Gasteiger charge is -2.34. The van der Waals surface area contributed by atoms with Crippen LogP contribution in [0.5, 0.6) is 0 Å². The van der Waals surface area contributed by atoms with Crippen LogP contribution in [0.25, 0.3) is 0 Å². The highest BCUT2D eigenvalue weighted by Gasteiger charge is 2.39. The number of nitrogens with zero attached hydrogens (tertiary/aromatic N) is 2. The van der Waals surface area contributed by atoms with Gasteiger partial charge in [-0.15, -0.1) is 0 Å². The Kier molecular flexibility index (Phi) is 4.46. The quantitative estimate of drug-likeness (QED) is 0.806. The number of halogens is 3. The Balaban J connectivity index is 2.54. The average Bonchev–Trinajstić information content (AvgIpc) is 2.88. The molecule has 0 N–H and O–H groups in total. The second-order valence-corrected chi connectivity index (χ2v) is 5.45. The zero-order valence-electron chi connectivity index (χ0n) is 12.2. The molecule has 1 aliphatic heterocycles. The maximum Gasteiger partial charge on any atom is 0.418 e. The molecule has 2 atom stereocenters. The lowest BCUT2D eigenvalue weighted by atomic mass is 10.0. The van der Waals surface area contributed by atoms with Gasteiger partial charge in [0.1, 0.15) is 0 Å². The van der Waals surface area contributed by atoms with E-state index in [0.29, 0.717) is 0 Å². The smallest absolute Gasteiger partial charge is 0.365 e. The van der Waals surface area contributed by atoms with E-state index in [-0.39, 0.29) is 23.3 Å². The van der Waals surface area contributed by atoms with E-state index >= 15 is 0 Å². The first kappa shape index (κ1) is 15.7. The van der Waals surface area contributed by atoms with Gasteiger partial charge in [0, 0.05) is 17.8 Å². The van der Waals surface area contributed by atoms with Gasteiger partial charge in [-0.1, -0.05) is 13.8 Å². The van der Waals surface area contributed by atoms with E-state index < -0.39 is 11.7 Å². The number of anilines is 1. The summed E-state index contributed by atoms with van der Waals surface area (Å²) < 4.78 is 40.0. The van der Waals surface area contributed by atoms with Crippen molar-refractivity contribution < 1.29 is 13.2 Å². The highest BCUT2D eigenvalue weighted by atomic mass is 19.4. The molecule has 1 saturated heterocycles. The molecular weight excluding hydrogens is 277 g/mol. The SMILES string of the molecule is CCC1CCC(CC)N1c1ccc(C#N)cc1C(F)(F)F. The van der Waals surface area contributed by atoms with E-state index in [1.54, 1.807) is 6.07 Å². The molecule has 1 fully saturated rings. The van der Waals surface area contributed by atoms with Crippen LogP contribution in [0.2, 0.25) is 0 Å². The first-order valence-corrected chi connectivity index (χ1v) is 7.32. The zero-order chi connectivity index (χ0) is 15.6. The summed E-state index contributed by atoms with van der Waals surface area (Å²) in [7, 11) is 0. The maximum absolute atomic E-state index is 13.3. The molecule has 0 bridgehead atoms. The van der Waals surface area contributed by atoms with Crippen LogP contribution >= 0.6 is 0 Å². The van der Waals surface area contributed by atoms with Crippen molar-refractivity contribution in [1.29, 1.82) is 5.26 Å². The predicted octanol–water partition coefficient (Wildman–Crippen LogP) is 4.73. The van der Waals surface area contributed by atoms with Crippen LogP contribution in [-0.2, 0) is 6.18 Å². The van der Waals surface area contributed by atoms with Gasteiger partial charge in [-0.3, -0.25) is 0 Å². The van der Waals surface area contributed by atoms with Crippen LogP contribution < -0.4 is 4.90 Å². The first-order valence-electron chi connectivity index (χ1n) is 7.32. The third-order valence-corrected chi connectivity index (χ3v) is 4.27. The molecule has 2 unspecified atom stereocenters. The Morgan fingerprint density at radius 1 is 1.19 bits per heavy atom. The van der Waals surface area contributed by atoms with Crippen LogP contribution in [0.15, 0.2) is 18.2 Å². The second-order valence-electron chi connectivity index (χ2n) is 5.45. The van der Waals surface area contributed by atoms with Crippen LogP contribution in [-0.4, -0.2) is 12.1 Å². The van der Waals surface area contributed by atoms with Crippen molar-refractivity contribution in [3.8, 4) is 6.07 Å². The summed E-state index contributed by atoms with van der Waals surface area (Å²) in [6.07, 6.45) is -0.943. The van der Waals surface area contributed by atoms with Crippen LogP contribution in [0.3, 0.4) is 0 Å². The standard InChI is InChI=1S/C16H19F3N2/c1-3-12-6-7-13(4-2)21(12)15-8-5-11(10-20)9-14(15)16(17,18)19/h5,8-9,12-13H,3-4,6-7H2,1-2H3. The lowest BCUT2D eigenvalue weighted by molar-refractivity contribution is -0.137. The molecule has 0 aromatic heterocycles. The van der Waals surface area contributed by atoms with E-state index in [9.17, 15) is 13.2 Å². The molecule has 2 nitrogen and oxygen atoms in total. The van der Waals surface area contributed by atoms with Crippen molar-refractivity contribution in [2.45, 2.75) is 57.8 Å². The second kappa shape index (κ2) is 5.97. The van der Waals surface area contributed by atoms with Gasteiger partial charge in [0.25, 0.3) is 0 Å². The van der Waals surface area contributed by atoms with Gasteiger partial charge in [0.15, 0.2) is 0 Å². The van der Waals surface area contributed by atoms with Crippen LogP contribution in [0.4, 0.5) is 18.9 Å². The molecule has 2 rings (SSSR count). The summed E-state index contributed by atoms with van der Waals surface area (Å²) in [5.41, 5.74) is -0.426. The number of benzene rings is 1. The Labute approximate surface area is 123 Å². The fourth-order valence-electron chi connectivity index (χ4n) is 3.21. The Bertz CT molecular complexity index is 533. The number of hydrogen-bond donors (Lipinski definition) is 0. The average molecular weight is 296 g/mol. The van der Waals surface area contributed by atoms with Crippen molar-refractivity contribution in [3.05, 3.63) is 29.3 Å². The highest BCUT2D eigenvalue weighted by Crippen LogP contribution is 2.42. The van der Waals surface area contributed by atoms with Gasteiger partial charge < -0.3 is 4.90 Å². The third-order valence-electron chi connectivity index (χ3n) is 4.27. The van der Waals surface area contributed by atoms with Crippen molar-refractivity contribution in [2.75, 3.05) is 4.90 Å². The Hall–Kier alpha value is -1.70. The fourth-order valence-corrected chi connectivity index (χ4v) is 3.21. The molecule has 0 radical (unpaired) electrons. The molecule has 0 aliphatic carbocycles. The molecule has 1 aromatic rings. The van der Waals surface area contributed by atoms with E-state index in [2.05, 4.69) is 0 Å². The number of rotatable bonds is 3. The van der Waals surface area contributed by atoms with E-state index in [0.717, 1.165) is 31.7 Å². The molecule has 5 heteroatoms. The summed E-state index contributed by atoms with van der Waals surface area (Å²) in [6.45, 7) is 4.01. The fraction of sp³-hybridized carbons (Fsp3) is 0.562. The number of hydrogen-bond acceptors (Lipinski definition) is 2. The maximum atomic E-state index is 13.3. The highest BCUT2D eigenvalue weighted by molar-refractivity contribution is 5.60. The monoisotopic (exact) mass is 296 g/mol. The predicted molar refractivity (Wildman–Crippen MR) is 76.0 cm³/mol. The first-order chi connectivity index (χ1) is 9.92. The van der Waals surface area contributed by atoms with Gasteiger partial charge in [-0.2, -0.15) is 18.4 Å². The molecule has 0 amide bonds. The molecule has 0 spiro atoms. The largest absolute Gasteiger partial charge is 0.418 e. The van der Waals surface area contributed by atoms with Gasteiger partial charge in [-0.25, -0.2) is 0 Å². The number of nitriles is 1. The van der Waals surface area contributed by atoms with Crippen molar-refractivity contribution in [2.24, 2.45) is 0 Å². The zero-order valence-corrected chi connectivity index (χ0v) is 12.2. The lowest BCUT2D eigenvalue weighted by Crippen LogP contribution is -2.37. The third kappa shape index (κ3) is 2.99. The summed E-state index contributed by atoms with van der Waals surface area (Å²) in [6, 6.07) is 5.97. The summed E-state index contributed by atoms with van der Waals surface area (Å²) in [4.78, 5) is 1.92. The molecule has 1 aliphatic rings. The van der Waals surface area contributed by atoms with Crippen LogP contribution in [0.1, 0.15) is 50.7 Å². The van der Waals surface area contributed by atoms with Crippen LogP contribution in [0, 0.1) is 11.3 Å². The van der Waals surface area contributed by atoms with Gasteiger partial charge in [0.2, 0.25) is 0 Å². The molecule has 21 heavy (non-hydrogen) atoms. The van der Waals surface area contributed by atoms with Crippen molar-refractivity contribution in [1.82, 2.24) is 0 Å². The van der Waals surface area contributed by atoms with Gasteiger partial charge in [-0.05, 0) is 43.9 Å². The summed E-state index contributed by atoms with van der Waals surface area (Å²) >= 11 is 0. The normalized spacial score (nSPS) is 22.4. The molecule has 1 aromatic carbocycles. The molecular formula is C16H19F3N2. The summed E-state index contributed by atoms with van der Waals surface area (Å²) in [5, 5.41) is 8.85. The van der Waals surface area contributed by atoms with E-state index in [1.807, 2.05) is 18.7 Å². The summed E-state index contributed by atoms with van der Waals surface area (Å²) in [5.74, 6) is 0. The topological polar surface area (TPSA) is 27.0 Å². The Morgan fingerprint density at radius 2 is 1.76 bits per heavy atom. The molecule has 1 heterocycles. The minimum Gasteiger partial charge on any atom is -0.365 e. The van der Waals surface area contributed by atoms with Crippen molar-refractivity contribution >= 4 is 5.69 Å². The number of alkyl halides is 3. The molecule has 114 valence electrons.